The van der Waals surface area contributed by atoms with Gasteiger partial charge in [0.2, 0.25) is 0 Å². The summed E-state index contributed by atoms with van der Waals surface area (Å²) < 4.78 is 33.8. The van der Waals surface area contributed by atoms with Crippen LogP contribution in [0, 0.1) is 0 Å². The largest absolute Gasteiger partial charge is 0.444 e. The Morgan fingerprint density at radius 2 is 1.66 bits per heavy atom. The number of carbonyl (C=O) groups excluding carboxylic acids is 3. The van der Waals surface area contributed by atoms with E-state index >= 15 is 0 Å². The lowest BCUT2D eigenvalue weighted by molar-refractivity contribution is -0.0221. The van der Waals surface area contributed by atoms with E-state index in [1.54, 1.807) is 32.9 Å². The van der Waals surface area contributed by atoms with Crippen molar-refractivity contribution in [3.05, 3.63) is 35.4 Å². The number of rotatable bonds is 3. The summed E-state index contributed by atoms with van der Waals surface area (Å²) in [6.45, 7) is 6.44. The molecule has 1 aromatic carbocycles. The molecule has 1 aromatic rings. The van der Waals surface area contributed by atoms with Crippen LogP contribution in [0.25, 0.3) is 0 Å². The molecule has 3 amide bonds. The number of hydrogen-bond acceptors (Lipinski definition) is 7. The fraction of sp³-hybridized carbons (Fsp3) is 0.526. The first-order valence-corrected chi connectivity index (χ1v) is 10.9. The summed E-state index contributed by atoms with van der Waals surface area (Å²) in [7, 11) is -3.81. The summed E-state index contributed by atoms with van der Waals surface area (Å²) in [4.78, 5) is 41.1. The van der Waals surface area contributed by atoms with E-state index in [-0.39, 0.29) is 24.1 Å². The normalized spacial score (nSPS) is 24.8. The fourth-order valence-corrected chi connectivity index (χ4v) is 4.37. The number of carbonyl (C=O) groups is 3. The van der Waals surface area contributed by atoms with Gasteiger partial charge in [-0.2, -0.15) is 8.42 Å². The maximum absolute atomic E-state index is 13.0. The van der Waals surface area contributed by atoms with E-state index in [0.717, 1.165) is 11.2 Å². The zero-order valence-corrected chi connectivity index (χ0v) is 17.8. The molecule has 3 rings (SSSR count). The first kappa shape index (κ1) is 21.3. The van der Waals surface area contributed by atoms with Gasteiger partial charge in [-0.05, 0) is 39.8 Å². The SMILES string of the molecule is CC(C)(C)OC(=O)N1C[C@H](OS(C)(=O)=O)C[C@@]1(C)N1C(=O)c2ccccc2C1=O. The lowest BCUT2D eigenvalue weighted by Crippen LogP contribution is -2.59. The molecule has 2 aliphatic rings. The van der Waals surface area contributed by atoms with Crippen molar-refractivity contribution in [3.63, 3.8) is 0 Å². The van der Waals surface area contributed by atoms with Gasteiger partial charge in [0.1, 0.15) is 11.3 Å². The standard InChI is InChI=1S/C19H24N2O7S/c1-18(2,3)27-17(24)20-11-12(28-29(5,25)26)10-19(20,4)21-15(22)13-8-6-7-9-14(13)16(21)23/h6-9,12H,10-11H2,1-5H3/t12-,19-/m1/s1. The first-order chi connectivity index (χ1) is 13.2. The van der Waals surface area contributed by atoms with Gasteiger partial charge in [-0.25, -0.2) is 4.79 Å². The predicted molar refractivity (Wildman–Crippen MR) is 103 cm³/mol. The number of amides is 3. The topological polar surface area (TPSA) is 110 Å². The second-order valence-electron chi connectivity index (χ2n) is 8.43. The van der Waals surface area contributed by atoms with Crippen LogP contribution in [0.1, 0.15) is 54.8 Å². The van der Waals surface area contributed by atoms with Crippen molar-refractivity contribution in [2.24, 2.45) is 0 Å². The average molecular weight is 424 g/mol. The molecule has 1 saturated heterocycles. The number of fused-ring (bicyclic) bond motifs is 1. The highest BCUT2D eigenvalue weighted by Gasteiger charge is 2.57. The minimum absolute atomic E-state index is 0.0647. The molecule has 2 atom stereocenters. The van der Waals surface area contributed by atoms with Gasteiger partial charge >= 0.3 is 6.09 Å². The van der Waals surface area contributed by atoms with Crippen molar-refractivity contribution in [2.75, 3.05) is 12.8 Å². The highest BCUT2D eigenvalue weighted by Crippen LogP contribution is 2.40. The maximum atomic E-state index is 13.0. The third-order valence-corrected chi connectivity index (χ3v) is 5.40. The van der Waals surface area contributed by atoms with E-state index in [2.05, 4.69) is 0 Å². The lowest BCUT2D eigenvalue weighted by Gasteiger charge is -2.41. The summed E-state index contributed by atoms with van der Waals surface area (Å²) >= 11 is 0. The van der Waals surface area contributed by atoms with Gasteiger partial charge in [0.25, 0.3) is 21.9 Å². The van der Waals surface area contributed by atoms with Crippen molar-refractivity contribution < 1.29 is 31.7 Å². The van der Waals surface area contributed by atoms with Gasteiger partial charge < -0.3 is 4.74 Å². The Morgan fingerprint density at radius 1 is 1.14 bits per heavy atom. The third kappa shape index (κ3) is 3.99. The van der Waals surface area contributed by atoms with Crippen LogP contribution in [0.3, 0.4) is 0 Å². The molecule has 0 unspecified atom stereocenters. The van der Waals surface area contributed by atoms with E-state index < -0.39 is 45.4 Å². The predicted octanol–water partition coefficient (Wildman–Crippen LogP) is 1.98. The van der Waals surface area contributed by atoms with E-state index in [1.807, 2.05) is 0 Å². The third-order valence-electron chi connectivity index (χ3n) is 4.78. The van der Waals surface area contributed by atoms with E-state index in [0.29, 0.717) is 0 Å². The van der Waals surface area contributed by atoms with Crippen molar-refractivity contribution in [1.82, 2.24) is 9.80 Å². The molecule has 29 heavy (non-hydrogen) atoms. The van der Waals surface area contributed by atoms with Crippen LogP contribution >= 0.6 is 0 Å². The summed E-state index contributed by atoms with van der Waals surface area (Å²) in [5.74, 6) is -1.11. The lowest BCUT2D eigenvalue weighted by atomic mass is 10.1. The van der Waals surface area contributed by atoms with Crippen LogP contribution < -0.4 is 0 Å². The van der Waals surface area contributed by atoms with E-state index in [1.165, 1.54) is 24.0 Å². The zero-order chi connectivity index (χ0) is 21.8. The van der Waals surface area contributed by atoms with Crippen molar-refractivity contribution in [2.45, 2.75) is 51.5 Å². The minimum Gasteiger partial charge on any atom is -0.444 e. The molecule has 1 fully saturated rings. The Balaban J connectivity index is 2.01. The molecule has 10 heteroatoms. The number of likely N-dealkylation sites (tertiary alicyclic amines) is 1. The summed E-state index contributed by atoms with van der Waals surface area (Å²) in [5.41, 5.74) is -1.81. The molecular weight excluding hydrogens is 400 g/mol. The molecule has 0 saturated carbocycles. The van der Waals surface area contributed by atoms with Crippen LogP contribution in [0.2, 0.25) is 0 Å². The molecule has 2 heterocycles. The van der Waals surface area contributed by atoms with Crippen molar-refractivity contribution in [3.8, 4) is 0 Å². The molecule has 2 aliphatic heterocycles. The van der Waals surface area contributed by atoms with Gasteiger partial charge in [0.05, 0.1) is 30.0 Å². The fourth-order valence-electron chi connectivity index (χ4n) is 3.74. The van der Waals surface area contributed by atoms with Crippen LogP contribution in [-0.4, -0.2) is 66.3 Å². The highest BCUT2D eigenvalue weighted by molar-refractivity contribution is 7.86. The number of ether oxygens (including phenoxy) is 1. The highest BCUT2D eigenvalue weighted by atomic mass is 32.2. The van der Waals surface area contributed by atoms with Crippen LogP contribution in [0.5, 0.6) is 0 Å². The molecule has 0 radical (unpaired) electrons. The van der Waals surface area contributed by atoms with E-state index in [9.17, 15) is 22.8 Å². The smallest absolute Gasteiger partial charge is 0.412 e. The van der Waals surface area contributed by atoms with Gasteiger partial charge in [-0.1, -0.05) is 12.1 Å². The second kappa shape index (κ2) is 6.81. The second-order valence-corrected chi connectivity index (χ2v) is 10.0. The van der Waals surface area contributed by atoms with Crippen LogP contribution in [-0.2, 0) is 19.0 Å². The number of benzene rings is 1. The summed E-state index contributed by atoms with van der Waals surface area (Å²) in [6, 6.07) is 6.36. The maximum Gasteiger partial charge on any atom is 0.412 e. The van der Waals surface area contributed by atoms with Crippen molar-refractivity contribution in [1.29, 1.82) is 0 Å². The Labute approximate surface area is 169 Å². The number of hydrogen-bond donors (Lipinski definition) is 0. The minimum atomic E-state index is -3.81. The van der Waals surface area contributed by atoms with Gasteiger partial charge in [-0.15, -0.1) is 0 Å². The van der Waals surface area contributed by atoms with Gasteiger partial charge in [0, 0.05) is 6.42 Å². The molecule has 0 aromatic heterocycles. The quantitative estimate of drug-likeness (QED) is 0.539. The Kier molecular flexibility index (Phi) is 4.99. The van der Waals surface area contributed by atoms with Gasteiger partial charge in [0.15, 0.2) is 0 Å². The molecule has 0 spiro atoms. The zero-order valence-electron chi connectivity index (χ0n) is 17.0. The number of nitrogens with zero attached hydrogens (tertiary/aromatic N) is 2. The summed E-state index contributed by atoms with van der Waals surface area (Å²) in [5, 5.41) is 0. The Morgan fingerprint density at radius 3 is 2.10 bits per heavy atom. The molecular formula is C19H24N2O7S. The molecule has 0 N–H and O–H groups in total. The van der Waals surface area contributed by atoms with E-state index in [4.69, 9.17) is 8.92 Å². The first-order valence-electron chi connectivity index (χ1n) is 9.10. The van der Waals surface area contributed by atoms with Crippen LogP contribution in [0.15, 0.2) is 24.3 Å². The Hall–Kier alpha value is -2.46. The molecule has 9 nitrogen and oxygen atoms in total. The van der Waals surface area contributed by atoms with Crippen LogP contribution in [0.4, 0.5) is 4.79 Å². The molecule has 0 aliphatic carbocycles. The Bertz CT molecular complexity index is 948. The summed E-state index contributed by atoms with van der Waals surface area (Å²) in [6.07, 6.45) is -0.851. The number of imide groups is 1. The monoisotopic (exact) mass is 424 g/mol. The van der Waals surface area contributed by atoms with Crippen molar-refractivity contribution >= 4 is 28.0 Å². The van der Waals surface area contributed by atoms with Gasteiger partial charge in [-0.3, -0.25) is 23.6 Å². The molecule has 0 bridgehead atoms. The average Bonchev–Trinajstić information content (AvgIpc) is 3.00. The molecule has 158 valence electrons.